The number of nitrogens with two attached hydrogens (primary N) is 1. The van der Waals surface area contributed by atoms with Crippen LogP contribution in [0.3, 0.4) is 0 Å². The molecule has 0 aliphatic heterocycles. The average Bonchev–Trinajstić information content (AvgIpc) is 2.86. The van der Waals surface area contributed by atoms with Gasteiger partial charge >= 0.3 is 0 Å². The third-order valence-corrected chi connectivity index (χ3v) is 5.43. The molecule has 3 aromatic heterocycles. The molecule has 0 unspecified atom stereocenters. The summed E-state index contributed by atoms with van der Waals surface area (Å²) >= 11 is 10.2. The number of aryl methyl sites for hydroxylation is 1. The lowest BCUT2D eigenvalue weighted by molar-refractivity contribution is 0.552. The van der Waals surface area contributed by atoms with Crippen LogP contribution < -0.4 is 5.73 Å². The fourth-order valence-electron chi connectivity index (χ4n) is 1.94. The molecule has 3 heterocycles. The summed E-state index contributed by atoms with van der Waals surface area (Å²) in [6.45, 7) is 1.98. The van der Waals surface area contributed by atoms with Gasteiger partial charge in [-0.25, -0.2) is 4.98 Å². The fraction of sp³-hybridized carbons (Fsp3) is 0.0833. The van der Waals surface area contributed by atoms with E-state index in [0.29, 0.717) is 21.9 Å². The first-order chi connectivity index (χ1) is 8.99. The second-order valence-corrected chi connectivity index (χ2v) is 6.47. The SMILES string of the molecule is Cc1c(Br)ccc2nc(-c3cc(Br)c(Br)o3)c(N)n12. The molecule has 0 aliphatic rings. The van der Waals surface area contributed by atoms with Gasteiger partial charge in [-0.05, 0) is 66.8 Å². The van der Waals surface area contributed by atoms with Crippen LogP contribution >= 0.6 is 47.8 Å². The van der Waals surface area contributed by atoms with Gasteiger partial charge in [-0.1, -0.05) is 0 Å². The summed E-state index contributed by atoms with van der Waals surface area (Å²) in [6.07, 6.45) is 0. The molecule has 0 saturated heterocycles. The van der Waals surface area contributed by atoms with Crippen LogP contribution in [0.2, 0.25) is 0 Å². The number of pyridine rings is 1. The molecular weight excluding hydrogens is 442 g/mol. The number of anilines is 1. The van der Waals surface area contributed by atoms with E-state index in [-0.39, 0.29) is 0 Å². The van der Waals surface area contributed by atoms with Crippen molar-refractivity contribution in [1.29, 1.82) is 0 Å². The standard InChI is InChI=1S/C12H8Br3N3O/c1-5-6(13)2-3-9-17-10(12(16)18(5)9)8-4-7(14)11(15)19-8/h2-4H,16H2,1H3. The number of halogens is 3. The van der Waals surface area contributed by atoms with E-state index in [4.69, 9.17) is 10.2 Å². The number of fused-ring (bicyclic) bond motifs is 1. The molecule has 3 aromatic rings. The minimum atomic E-state index is 0.558. The zero-order chi connectivity index (χ0) is 13.7. The summed E-state index contributed by atoms with van der Waals surface area (Å²) in [5, 5.41) is 0. The van der Waals surface area contributed by atoms with Gasteiger partial charge in [-0.2, -0.15) is 0 Å². The highest BCUT2D eigenvalue weighted by Gasteiger charge is 2.18. The van der Waals surface area contributed by atoms with Crippen molar-refractivity contribution in [2.24, 2.45) is 0 Å². The predicted molar refractivity (Wildman–Crippen MR) is 85.1 cm³/mol. The lowest BCUT2D eigenvalue weighted by Gasteiger charge is -2.03. The summed E-state index contributed by atoms with van der Waals surface area (Å²) in [5.74, 6) is 1.18. The Kier molecular flexibility index (Phi) is 3.23. The van der Waals surface area contributed by atoms with E-state index < -0.39 is 0 Å². The Morgan fingerprint density at radius 3 is 2.58 bits per heavy atom. The molecule has 0 bridgehead atoms. The lowest BCUT2D eigenvalue weighted by atomic mass is 10.3. The Labute approximate surface area is 134 Å². The van der Waals surface area contributed by atoms with Crippen LogP contribution in [0.1, 0.15) is 5.69 Å². The third-order valence-electron chi connectivity index (χ3n) is 2.88. The molecular formula is C12H8Br3N3O. The molecule has 0 fully saturated rings. The van der Waals surface area contributed by atoms with Crippen molar-refractivity contribution in [3.8, 4) is 11.5 Å². The van der Waals surface area contributed by atoms with Crippen LogP contribution in [0.4, 0.5) is 5.82 Å². The monoisotopic (exact) mass is 447 g/mol. The van der Waals surface area contributed by atoms with Crippen molar-refractivity contribution in [2.75, 3.05) is 5.73 Å². The van der Waals surface area contributed by atoms with E-state index in [1.165, 1.54) is 0 Å². The van der Waals surface area contributed by atoms with Crippen LogP contribution in [0.5, 0.6) is 0 Å². The molecule has 0 atom stereocenters. The zero-order valence-corrected chi connectivity index (χ0v) is 14.5. The van der Waals surface area contributed by atoms with Crippen molar-refractivity contribution in [2.45, 2.75) is 6.92 Å². The fourth-order valence-corrected chi connectivity index (χ4v) is 2.82. The van der Waals surface area contributed by atoms with E-state index >= 15 is 0 Å². The molecule has 0 aromatic carbocycles. The van der Waals surface area contributed by atoms with Gasteiger partial charge in [0.25, 0.3) is 0 Å². The Bertz CT molecular complexity index is 772. The van der Waals surface area contributed by atoms with Crippen LogP contribution in [-0.4, -0.2) is 9.38 Å². The smallest absolute Gasteiger partial charge is 0.184 e. The van der Waals surface area contributed by atoms with Gasteiger partial charge < -0.3 is 10.2 Å². The maximum atomic E-state index is 6.19. The number of nitrogen functional groups attached to an aromatic ring is 1. The number of furan rings is 1. The summed E-state index contributed by atoms with van der Waals surface area (Å²) < 4.78 is 9.91. The molecule has 0 spiro atoms. The molecule has 98 valence electrons. The van der Waals surface area contributed by atoms with Crippen molar-refractivity contribution in [3.05, 3.63) is 37.5 Å². The van der Waals surface area contributed by atoms with E-state index in [2.05, 4.69) is 52.8 Å². The van der Waals surface area contributed by atoms with Crippen molar-refractivity contribution >= 4 is 59.3 Å². The number of aromatic nitrogens is 2. The molecule has 0 aliphatic carbocycles. The van der Waals surface area contributed by atoms with E-state index in [0.717, 1.165) is 20.3 Å². The zero-order valence-electron chi connectivity index (χ0n) is 9.75. The number of hydrogen-bond donors (Lipinski definition) is 1. The van der Waals surface area contributed by atoms with Gasteiger partial charge in [0.1, 0.15) is 17.2 Å². The second kappa shape index (κ2) is 4.64. The maximum absolute atomic E-state index is 6.19. The van der Waals surface area contributed by atoms with Crippen LogP contribution in [0.25, 0.3) is 17.1 Å². The molecule has 2 N–H and O–H groups in total. The Morgan fingerprint density at radius 1 is 1.21 bits per heavy atom. The summed E-state index contributed by atoms with van der Waals surface area (Å²) in [6, 6.07) is 5.70. The molecule has 0 amide bonds. The predicted octanol–water partition coefficient (Wildman–Crippen LogP) is 4.77. The number of hydrogen-bond acceptors (Lipinski definition) is 3. The Morgan fingerprint density at radius 2 is 1.95 bits per heavy atom. The first-order valence-corrected chi connectivity index (χ1v) is 7.75. The maximum Gasteiger partial charge on any atom is 0.184 e. The van der Waals surface area contributed by atoms with Crippen molar-refractivity contribution in [3.63, 3.8) is 0 Å². The van der Waals surface area contributed by atoms with Gasteiger partial charge in [0.15, 0.2) is 10.4 Å². The topological polar surface area (TPSA) is 56.5 Å². The lowest BCUT2D eigenvalue weighted by Crippen LogP contribution is -1.98. The second-order valence-electron chi connectivity index (χ2n) is 4.04. The van der Waals surface area contributed by atoms with Gasteiger partial charge in [0.2, 0.25) is 0 Å². The number of nitrogens with zero attached hydrogens (tertiary/aromatic N) is 2. The van der Waals surface area contributed by atoms with Gasteiger partial charge in [0, 0.05) is 16.2 Å². The minimum absolute atomic E-state index is 0.558. The van der Waals surface area contributed by atoms with Gasteiger partial charge in [-0.3, -0.25) is 4.40 Å². The van der Waals surface area contributed by atoms with Crippen LogP contribution in [0, 0.1) is 6.92 Å². The summed E-state index contributed by atoms with van der Waals surface area (Å²) in [5.41, 5.74) is 8.61. The number of rotatable bonds is 1. The minimum Gasteiger partial charge on any atom is -0.446 e. The van der Waals surface area contributed by atoms with E-state index in [1.807, 2.05) is 29.5 Å². The van der Waals surface area contributed by atoms with E-state index in [1.54, 1.807) is 0 Å². The highest BCUT2D eigenvalue weighted by atomic mass is 79.9. The highest BCUT2D eigenvalue weighted by molar-refractivity contribution is 9.13. The highest BCUT2D eigenvalue weighted by Crippen LogP contribution is 2.36. The molecule has 0 saturated carbocycles. The summed E-state index contributed by atoms with van der Waals surface area (Å²) in [4.78, 5) is 4.52. The Hall–Kier alpha value is -0.790. The third kappa shape index (κ3) is 2.04. The van der Waals surface area contributed by atoms with Gasteiger partial charge in [-0.15, -0.1) is 0 Å². The summed E-state index contributed by atoms with van der Waals surface area (Å²) in [7, 11) is 0. The van der Waals surface area contributed by atoms with Crippen molar-refractivity contribution in [1.82, 2.24) is 9.38 Å². The molecule has 7 heteroatoms. The molecule has 0 radical (unpaired) electrons. The first-order valence-electron chi connectivity index (χ1n) is 5.37. The average molecular weight is 450 g/mol. The quantitative estimate of drug-likeness (QED) is 0.582. The first kappa shape index (κ1) is 13.2. The largest absolute Gasteiger partial charge is 0.446 e. The van der Waals surface area contributed by atoms with Gasteiger partial charge in [0.05, 0.1) is 4.47 Å². The Balaban J connectivity index is 2.31. The van der Waals surface area contributed by atoms with Crippen molar-refractivity contribution < 1.29 is 4.42 Å². The molecule has 3 rings (SSSR count). The molecule has 4 nitrogen and oxygen atoms in total. The van der Waals surface area contributed by atoms with E-state index in [9.17, 15) is 0 Å². The van der Waals surface area contributed by atoms with Crippen LogP contribution in [-0.2, 0) is 0 Å². The normalized spacial score (nSPS) is 11.4. The van der Waals surface area contributed by atoms with Crippen LogP contribution in [0.15, 0.2) is 36.2 Å². The number of imidazole rings is 1. The molecule has 19 heavy (non-hydrogen) atoms.